The summed E-state index contributed by atoms with van der Waals surface area (Å²) in [6.45, 7) is 4.10. The molecular formula is C14H21NO4S. The predicted octanol–water partition coefficient (Wildman–Crippen LogP) is 1.02. The highest BCUT2D eigenvalue weighted by Gasteiger charge is 2.11. The van der Waals surface area contributed by atoms with Crippen molar-refractivity contribution >= 4 is 9.84 Å². The SMILES string of the molecule is CCS(=O)(=O)CCNCCc1ccc2c(c1)OCCO2. The molecule has 1 aliphatic heterocycles. The van der Waals surface area contributed by atoms with Crippen LogP contribution in [0.4, 0.5) is 0 Å². The van der Waals surface area contributed by atoms with E-state index in [1.54, 1.807) is 6.92 Å². The van der Waals surface area contributed by atoms with Crippen LogP contribution in [0.3, 0.4) is 0 Å². The lowest BCUT2D eigenvalue weighted by Crippen LogP contribution is -2.25. The first-order chi connectivity index (χ1) is 9.61. The summed E-state index contributed by atoms with van der Waals surface area (Å²) in [4.78, 5) is 0. The Morgan fingerprint density at radius 2 is 1.90 bits per heavy atom. The third-order valence-corrected chi connectivity index (χ3v) is 4.93. The standard InChI is InChI=1S/C14H21NO4S/c1-2-20(16,17)10-7-15-6-5-12-3-4-13-14(11-12)19-9-8-18-13/h3-4,11,15H,2,5-10H2,1H3. The van der Waals surface area contributed by atoms with E-state index >= 15 is 0 Å². The minimum atomic E-state index is -2.88. The van der Waals surface area contributed by atoms with Gasteiger partial charge in [0.2, 0.25) is 0 Å². The normalized spacial score (nSPS) is 14.2. The molecule has 6 heteroatoms. The van der Waals surface area contributed by atoms with Crippen LogP contribution in [0.15, 0.2) is 18.2 Å². The molecule has 1 aromatic carbocycles. The summed E-state index contributed by atoms with van der Waals surface area (Å²) in [5, 5.41) is 3.15. The molecule has 5 nitrogen and oxygen atoms in total. The van der Waals surface area contributed by atoms with E-state index in [1.165, 1.54) is 0 Å². The summed E-state index contributed by atoms with van der Waals surface area (Å²) in [6.07, 6.45) is 0.836. The van der Waals surface area contributed by atoms with Gasteiger partial charge in [-0.1, -0.05) is 13.0 Å². The Balaban J connectivity index is 1.74. The Hall–Kier alpha value is -1.27. The van der Waals surface area contributed by atoms with Gasteiger partial charge in [-0.05, 0) is 30.7 Å². The molecule has 1 heterocycles. The molecule has 1 aromatic rings. The van der Waals surface area contributed by atoms with Gasteiger partial charge >= 0.3 is 0 Å². The Bertz CT molecular complexity index is 542. The summed E-state index contributed by atoms with van der Waals surface area (Å²) in [6, 6.07) is 5.92. The van der Waals surface area contributed by atoms with Gasteiger partial charge in [-0.2, -0.15) is 0 Å². The fourth-order valence-corrected chi connectivity index (χ4v) is 2.72. The van der Waals surface area contributed by atoms with Crippen LogP contribution in [0.25, 0.3) is 0 Å². The van der Waals surface area contributed by atoms with E-state index in [0.29, 0.717) is 19.8 Å². The van der Waals surface area contributed by atoms with Crippen LogP contribution in [0.1, 0.15) is 12.5 Å². The minimum Gasteiger partial charge on any atom is -0.486 e. The van der Waals surface area contributed by atoms with E-state index in [0.717, 1.165) is 30.0 Å². The van der Waals surface area contributed by atoms with Gasteiger partial charge in [0.05, 0.1) is 5.75 Å². The fraction of sp³-hybridized carbons (Fsp3) is 0.571. The molecule has 0 fully saturated rings. The van der Waals surface area contributed by atoms with Gasteiger partial charge < -0.3 is 14.8 Å². The Labute approximate surface area is 120 Å². The van der Waals surface area contributed by atoms with Crippen LogP contribution in [-0.4, -0.2) is 46.2 Å². The van der Waals surface area contributed by atoms with Crippen LogP contribution >= 0.6 is 0 Å². The van der Waals surface area contributed by atoms with E-state index in [1.807, 2.05) is 18.2 Å². The van der Waals surface area contributed by atoms with E-state index in [9.17, 15) is 8.42 Å². The summed E-state index contributed by atoms with van der Waals surface area (Å²) in [5.41, 5.74) is 1.15. The first-order valence-electron chi connectivity index (χ1n) is 6.90. The molecule has 0 amide bonds. The minimum absolute atomic E-state index is 0.199. The van der Waals surface area contributed by atoms with Gasteiger partial charge in [0.25, 0.3) is 0 Å². The highest BCUT2D eigenvalue weighted by Crippen LogP contribution is 2.30. The topological polar surface area (TPSA) is 64.6 Å². The summed E-state index contributed by atoms with van der Waals surface area (Å²) >= 11 is 0. The van der Waals surface area contributed by atoms with Crippen molar-refractivity contribution in [1.82, 2.24) is 5.32 Å². The fourth-order valence-electron chi connectivity index (χ4n) is 1.97. The van der Waals surface area contributed by atoms with Crippen molar-refractivity contribution in [2.75, 3.05) is 37.8 Å². The number of rotatable bonds is 7. The van der Waals surface area contributed by atoms with Gasteiger partial charge in [-0.15, -0.1) is 0 Å². The molecule has 1 aliphatic rings. The summed E-state index contributed by atoms with van der Waals surface area (Å²) in [5.74, 6) is 1.99. The van der Waals surface area contributed by atoms with Crippen molar-refractivity contribution in [3.05, 3.63) is 23.8 Å². The maximum absolute atomic E-state index is 11.3. The maximum atomic E-state index is 11.3. The average molecular weight is 299 g/mol. The maximum Gasteiger partial charge on any atom is 0.161 e. The van der Waals surface area contributed by atoms with Crippen molar-refractivity contribution in [2.24, 2.45) is 0 Å². The third-order valence-electron chi connectivity index (χ3n) is 3.23. The van der Waals surface area contributed by atoms with E-state index in [-0.39, 0.29) is 11.5 Å². The van der Waals surface area contributed by atoms with Crippen molar-refractivity contribution < 1.29 is 17.9 Å². The second-order valence-electron chi connectivity index (χ2n) is 4.71. The van der Waals surface area contributed by atoms with Crippen molar-refractivity contribution in [1.29, 1.82) is 0 Å². The van der Waals surface area contributed by atoms with Gasteiger partial charge in [0, 0.05) is 12.3 Å². The van der Waals surface area contributed by atoms with Crippen LogP contribution in [0, 0.1) is 0 Å². The molecule has 0 atom stereocenters. The zero-order valence-corrected chi connectivity index (χ0v) is 12.5. The van der Waals surface area contributed by atoms with Crippen LogP contribution in [-0.2, 0) is 16.3 Å². The Morgan fingerprint density at radius 1 is 1.15 bits per heavy atom. The highest BCUT2D eigenvalue weighted by molar-refractivity contribution is 7.91. The van der Waals surface area contributed by atoms with Gasteiger partial charge in [0.15, 0.2) is 21.3 Å². The molecule has 112 valence electrons. The van der Waals surface area contributed by atoms with Gasteiger partial charge in [-0.3, -0.25) is 0 Å². The van der Waals surface area contributed by atoms with E-state index in [2.05, 4.69) is 5.32 Å². The van der Waals surface area contributed by atoms with Crippen molar-refractivity contribution in [3.63, 3.8) is 0 Å². The number of nitrogens with one attached hydrogen (secondary N) is 1. The van der Waals surface area contributed by atoms with E-state index < -0.39 is 9.84 Å². The molecule has 0 spiro atoms. The second kappa shape index (κ2) is 6.95. The Morgan fingerprint density at radius 3 is 2.65 bits per heavy atom. The lowest BCUT2D eigenvalue weighted by atomic mass is 10.1. The molecule has 0 bridgehead atoms. The smallest absolute Gasteiger partial charge is 0.161 e. The largest absolute Gasteiger partial charge is 0.486 e. The van der Waals surface area contributed by atoms with Gasteiger partial charge in [-0.25, -0.2) is 8.42 Å². The molecule has 0 saturated heterocycles. The number of ether oxygens (including phenoxy) is 2. The monoisotopic (exact) mass is 299 g/mol. The quantitative estimate of drug-likeness (QED) is 0.762. The lowest BCUT2D eigenvalue weighted by molar-refractivity contribution is 0.171. The predicted molar refractivity (Wildman–Crippen MR) is 78.3 cm³/mol. The molecule has 0 aromatic heterocycles. The van der Waals surface area contributed by atoms with E-state index in [4.69, 9.17) is 9.47 Å². The van der Waals surface area contributed by atoms with Crippen molar-refractivity contribution in [2.45, 2.75) is 13.3 Å². The highest BCUT2D eigenvalue weighted by atomic mass is 32.2. The first-order valence-corrected chi connectivity index (χ1v) is 8.72. The zero-order valence-electron chi connectivity index (χ0n) is 11.7. The van der Waals surface area contributed by atoms with Crippen LogP contribution in [0.2, 0.25) is 0 Å². The second-order valence-corrected chi connectivity index (χ2v) is 7.19. The Kier molecular flexibility index (Phi) is 5.25. The number of benzene rings is 1. The average Bonchev–Trinajstić information content (AvgIpc) is 2.46. The van der Waals surface area contributed by atoms with Crippen LogP contribution < -0.4 is 14.8 Å². The number of fused-ring (bicyclic) bond motifs is 1. The molecule has 1 N–H and O–H groups in total. The van der Waals surface area contributed by atoms with Gasteiger partial charge in [0.1, 0.15) is 13.2 Å². The third kappa shape index (κ3) is 4.38. The van der Waals surface area contributed by atoms with Crippen LogP contribution in [0.5, 0.6) is 11.5 Å². The van der Waals surface area contributed by atoms with Crippen molar-refractivity contribution in [3.8, 4) is 11.5 Å². The molecule has 0 unspecified atom stereocenters. The molecule has 2 rings (SSSR count). The number of hydrogen-bond acceptors (Lipinski definition) is 5. The lowest BCUT2D eigenvalue weighted by Gasteiger charge is -2.18. The first kappa shape index (κ1) is 15.1. The number of sulfone groups is 1. The molecule has 0 saturated carbocycles. The summed E-state index contributed by atoms with van der Waals surface area (Å²) < 4.78 is 33.6. The summed E-state index contributed by atoms with van der Waals surface area (Å²) in [7, 11) is -2.88. The zero-order chi connectivity index (χ0) is 14.4. The number of hydrogen-bond donors (Lipinski definition) is 1. The molecule has 0 aliphatic carbocycles. The molecule has 20 heavy (non-hydrogen) atoms. The molecule has 0 radical (unpaired) electrons. The molecular weight excluding hydrogens is 278 g/mol.